The summed E-state index contributed by atoms with van der Waals surface area (Å²) in [5.74, 6) is 0. The number of thiophene rings is 1. The van der Waals surface area contributed by atoms with Gasteiger partial charge in [0.25, 0.3) is 0 Å². The number of rotatable bonds is 5. The lowest BCUT2D eigenvalue weighted by atomic mass is 9.90. The molecule has 1 fully saturated rings. The van der Waals surface area contributed by atoms with Gasteiger partial charge in [0.15, 0.2) is 0 Å². The maximum atomic E-state index is 10.4. The van der Waals surface area contributed by atoms with Crippen LogP contribution in [0, 0.1) is 0 Å². The van der Waals surface area contributed by atoms with E-state index in [1.54, 1.807) is 11.3 Å². The maximum Gasteiger partial charge on any atom is 0.0943 e. The van der Waals surface area contributed by atoms with Gasteiger partial charge in [-0.15, -0.1) is 0 Å². The van der Waals surface area contributed by atoms with Crippen LogP contribution in [0.25, 0.3) is 0 Å². The Morgan fingerprint density at radius 2 is 2.25 bits per heavy atom. The van der Waals surface area contributed by atoms with E-state index in [0.29, 0.717) is 6.61 Å². The summed E-state index contributed by atoms with van der Waals surface area (Å²) >= 11 is 1.68. The zero-order valence-corrected chi connectivity index (χ0v) is 10.6. The van der Waals surface area contributed by atoms with Gasteiger partial charge in [-0.05, 0) is 42.2 Å². The van der Waals surface area contributed by atoms with Crippen LogP contribution < -0.4 is 0 Å². The van der Waals surface area contributed by atoms with E-state index in [1.165, 1.54) is 18.4 Å². The van der Waals surface area contributed by atoms with Crippen molar-refractivity contribution in [2.24, 2.45) is 0 Å². The Balaban J connectivity index is 2.02. The molecule has 0 saturated heterocycles. The first-order chi connectivity index (χ1) is 7.77. The van der Waals surface area contributed by atoms with Gasteiger partial charge in [0.1, 0.15) is 0 Å². The summed E-state index contributed by atoms with van der Waals surface area (Å²) in [5, 5.41) is 14.6. The van der Waals surface area contributed by atoms with E-state index in [2.05, 4.69) is 16.8 Å². The summed E-state index contributed by atoms with van der Waals surface area (Å²) in [6.45, 7) is 2.71. The molecule has 2 nitrogen and oxygen atoms in total. The molecule has 1 aliphatic rings. The molecule has 1 saturated carbocycles. The van der Waals surface area contributed by atoms with Gasteiger partial charge in [0, 0.05) is 13.0 Å². The largest absolute Gasteiger partial charge is 0.390 e. The van der Waals surface area contributed by atoms with Crippen LogP contribution in [0.4, 0.5) is 0 Å². The third-order valence-corrected chi connectivity index (χ3v) is 4.23. The SMILES string of the molecule is CCOC1(C(O)Cc2ccsc2)CCCC1. The van der Waals surface area contributed by atoms with Crippen molar-refractivity contribution in [2.75, 3.05) is 6.61 Å². The third kappa shape index (κ3) is 2.47. The topological polar surface area (TPSA) is 29.5 Å². The Kier molecular flexibility index (Phi) is 4.00. The van der Waals surface area contributed by atoms with Crippen LogP contribution in [0.15, 0.2) is 16.8 Å². The summed E-state index contributed by atoms with van der Waals surface area (Å²) < 4.78 is 5.85. The highest BCUT2D eigenvalue weighted by Crippen LogP contribution is 2.37. The van der Waals surface area contributed by atoms with Gasteiger partial charge in [-0.1, -0.05) is 12.8 Å². The molecule has 0 amide bonds. The maximum absolute atomic E-state index is 10.4. The van der Waals surface area contributed by atoms with E-state index < -0.39 is 0 Å². The van der Waals surface area contributed by atoms with Gasteiger partial charge in [-0.2, -0.15) is 11.3 Å². The average Bonchev–Trinajstić information content (AvgIpc) is 2.89. The predicted molar refractivity (Wildman–Crippen MR) is 66.9 cm³/mol. The van der Waals surface area contributed by atoms with Crippen LogP contribution in [0.5, 0.6) is 0 Å². The molecule has 1 aliphatic carbocycles. The van der Waals surface area contributed by atoms with Crippen molar-refractivity contribution in [3.05, 3.63) is 22.4 Å². The average molecular weight is 240 g/mol. The van der Waals surface area contributed by atoms with Gasteiger partial charge in [0.2, 0.25) is 0 Å². The summed E-state index contributed by atoms with van der Waals surface area (Å²) in [7, 11) is 0. The molecule has 1 aromatic heterocycles. The molecule has 1 aromatic rings. The Labute approximate surface area is 101 Å². The van der Waals surface area contributed by atoms with Crippen molar-refractivity contribution in [2.45, 2.75) is 50.7 Å². The Morgan fingerprint density at radius 1 is 1.50 bits per heavy atom. The van der Waals surface area contributed by atoms with Crippen molar-refractivity contribution in [1.82, 2.24) is 0 Å². The van der Waals surface area contributed by atoms with Gasteiger partial charge in [-0.25, -0.2) is 0 Å². The number of hydrogen-bond donors (Lipinski definition) is 1. The molecule has 1 unspecified atom stereocenters. The van der Waals surface area contributed by atoms with Gasteiger partial charge in [-0.3, -0.25) is 0 Å². The molecule has 1 N–H and O–H groups in total. The molecule has 1 atom stereocenters. The summed E-state index contributed by atoms with van der Waals surface area (Å²) in [6, 6.07) is 2.09. The van der Waals surface area contributed by atoms with Crippen molar-refractivity contribution in [3.8, 4) is 0 Å². The zero-order valence-electron chi connectivity index (χ0n) is 9.82. The lowest BCUT2D eigenvalue weighted by Crippen LogP contribution is -2.43. The first-order valence-corrected chi connectivity index (χ1v) is 7.04. The highest BCUT2D eigenvalue weighted by atomic mass is 32.1. The first kappa shape index (κ1) is 12.1. The highest BCUT2D eigenvalue weighted by Gasteiger charge is 2.41. The quantitative estimate of drug-likeness (QED) is 0.857. The summed E-state index contributed by atoms with van der Waals surface area (Å²) in [4.78, 5) is 0. The second-order valence-corrected chi connectivity index (χ2v) is 5.34. The first-order valence-electron chi connectivity index (χ1n) is 6.10. The molecular formula is C13H20O2S. The van der Waals surface area contributed by atoms with Crippen LogP contribution in [-0.4, -0.2) is 23.4 Å². The van der Waals surface area contributed by atoms with Crippen LogP contribution in [0.1, 0.15) is 38.2 Å². The number of ether oxygens (including phenoxy) is 1. The fourth-order valence-corrected chi connectivity index (χ4v) is 3.33. The van der Waals surface area contributed by atoms with Crippen LogP contribution >= 0.6 is 11.3 Å². The Bertz CT molecular complexity index is 302. The minimum absolute atomic E-state index is 0.267. The second-order valence-electron chi connectivity index (χ2n) is 4.56. The number of aliphatic hydroxyl groups excluding tert-OH is 1. The molecule has 1 heterocycles. The summed E-state index contributed by atoms with van der Waals surface area (Å²) in [5.41, 5.74) is 0.958. The molecule has 0 radical (unpaired) electrons. The molecular weight excluding hydrogens is 220 g/mol. The summed E-state index contributed by atoms with van der Waals surface area (Å²) in [6.07, 6.45) is 4.74. The molecule has 16 heavy (non-hydrogen) atoms. The van der Waals surface area contributed by atoms with E-state index in [4.69, 9.17) is 4.74 Å². The van der Waals surface area contributed by atoms with E-state index in [0.717, 1.165) is 19.3 Å². The standard InChI is InChI=1S/C13H20O2S/c1-2-15-13(6-3-4-7-13)12(14)9-11-5-8-16-10-11/h5,8,10,12,14H,2-4,6-7,9H2,1H3. The predicted octanol–water partition coefficient (Wildman–Crippen LogP) is 3.00. The smallest absolute Gasteiger partial charge is 0.0943 e. The fourth-order valence-electron chi connectivity index (χ4n) is 2.65. The van der Waals surface area contributed by atoms with E-state index in [9.17, 15) is 5.11 Å². The molecule has 0 aromatic carbocycles. The zero-order chi connectivity index (χ0) is 11.4. The lowest BCUT2D eigenvalue weighted by Gasteiger charge is -2.34. The number of hydrogen-bond acceptors (Lipinski definition) is 3. The monoisotopic (exact) mass is 240 g/mol. The Hall–Kier alpha value is -0.380. The van der Waals surface area contributed by atoms with Crippen LogP contribution in [0.3, 0.4) is 0 Å². The Morgan fingerprint density at radius 3 is 2.81 bits per heavy atom. The molecule has 0 aliphatic heterocycles. The van der Waals surface area contributed by atoms with Crippen molar-refractivity contribution < 1.29 is 9.84 Å². The minimum Gasteiger partial charge on any atom is -0.390 e. The second kappa shape index (κ2) is 5.30. The van der Waals surface area contributed by atoms with Crippen LogP contribution in [-0.2, 0) is 11.2 Å². The fraction of sp³-hybridized carbons (Fsp3) is 0.692. The lowest BCUT2D eigenvalue weighted by molar-refractivity contribution is -0.115. The van der Waals surface area contributed by atoms with E-state index in [1.807, 2.05) is 6.92 Å². The molecule has 2 rings (SSSR count). The highest BCUT2D eigenvalue weighted by molar-refractivity contribution is 7.07. The van der Waals surface area contributed by atoms with Crippen molar-refractivity contribution >= 4 is 11.3 Å². The normalized spacial score (nSPS) is 21.1. The van der Waals surface area contributed by atoms with Gasteiger partial charge < -0.3 is 9.84 Å². The van der Waals surface area contributed by atoms with E-state index in [-0.39, 0.29) is 11.7 Å². The van der Waals surface area contributed by atoms with Crippen molar-refractivity contribution in [1.29, 1.82) is 0 Å². The molecule has 3 heteroatoms. The minimum atomic E-state index is -0.357. The third-order valence-electron chi connectivity index (χ3n) is 3.50. The van der Waals surface area contributed by atoms with Gasteiger partial charge >= 0.3 is 0 Å². The van der Waals surface area contributed by atoms with Crippen molar-refractivity contribution in [3.63, 3.8) is 0 Å². The number of aliphatic hydroxyl groups is 1. The molecule has 90 valence electrons. The molecule has 0 bridgehead atoms. The van der Waals surface area contributed by atoms with Crippen LogP contribution in [0.2, 0.25) is 0 Å². The van der Waals surface area contributed by atoms with Gasteiger partial charge in [0.05, 0.1) is 11.7 Å². The van der Waals surface area contributed by atoms with E-state index >= 15 is 0 Å². The molecule has 0 spiro atoms.